The molecule has 2 aromatic heterocycles. The average molecular weight is 298 g/mol. The van der Waals surface area contributed by atoms with E-state index in [1.165, 1.54) is 6.92 Å². The van der Waals surface area contributed by atoms with Crippen molar-refractivity contribution in [3.8, 4) is 11.6 Å². The van der Waals surface area contributed by atoms with Gasteiger partial charge >= 0.3 is 0 Å². The van der Waals surface area contributed by atoms with Gasteiger partial charge in [0, 0.05) is 23.9 Å². The summed E-state index contributed by atoms with van der Waals surface area (Å²) in [5.74, 6) is 1.02. The van der Waals surface area contributed by atoms with Crippen LogP contribution in [0.4, 0.5) is 0 Å². The summed E-state index contributed by atoms with van der Waals surface area (Å²) < 4.78 is 5.30. The molecule has 22 heavy (non-hydrogen) atoms. The van der Waals surface area contributed by atoms with E-state index in [9.17, 15) is 4.79 Å². The van der Waals surface area contributed by atoms with Crippen molar-refractivity contribution in [1.82, 2.24) is 20.4 Å². The van der Waals surface area contributed by atoms with Gasteiger partial charge in [0.15, 0.2) is 5.82 Å². The molecule has 0 aliphatic rings. The van der Waals surface area contributed by atoms with Gasteiger partial charge in [0.05, 0.1) is 0 Å². The molecule has 3 aromatic rings. The third-order valence-electron chi connectivity index (χ3n) is 3.52. The quantitative estimate of drug-likeness (QED) is 0.775. The number of aromatic nitrogens is 3. The summed E-state index contributed by atoms with van der Waals surface area (Å²) >= 11 is 0. The first-order chi connectivity index (χ1) is 10.5. The maximum atomic E-state index is 11.2. The number of carbonyl (C=O) groups is 1. The Morgan fingerprint density at radius 3 is 2.86 bits per heavy atom. The molecule has 0 radical (unpaired) electrons. The Hall–Kier alpha value is -2.63. The highest BCUT2D eigenvalue weighted by atomic mass is 16.5. The predicted octanol–water partition coefficient (Wildman–Crippen LogP) is 2.59. The monoisotopic (exact) mass is 298 g/mol. The van der Waals surface area contributed by atoms with E-state index >= 15 is 0 Å². The van der Waals surface area contributed by atoms with Gasteiger partial charge in [-0.1, -0.05) is 23.4 Å². The van der Waals surface area contributed by atoms with Gasteiger partial charge < -0.3 is 14.8 Å². The summed E-state index contributed by atoms with van der Waals surface area (Å²) in [5, 5.41) is 7.87. The Labute approximate surface area is 127 Å². The second-order valence-corrected chi connectivity index (χ2v) is 5.48. The van der Waals surface area contributed by atoms with Gasteiger partial charge in [0.2, 0.25) is 5.91 Å². The number of aromatic amines is 1. The number of aryl methyl sites for hydroxylation is 1. The Morgan fingerprint density at radius 2 is 2.18 bits per heavy atom. The van der Waals surface area contributed by atoms with Gasteiger partial charge in [0.1, 0.15) is 5.69 Å². The maximum absolute atomic E-state index is 11.2. The lowest BCUT2D eigenvalue weighted by Gasteiger charge is -2.12. The van der Waals surface area contributed by atoms with Gasteiger partial charge in [0.25, 0.3) is 5.89 Å². The Kier molecular flexibility index (Phi) is 3.66. The predicted molar refractivity (Wildman–Crippen MR) is 83.3 cm³/mol. The van der Waals surface area contributed by atoms with Crippen molar-refractivity contribution in [2.24, 2.45) is 0 Å². The lowest BCUT2D eigenvalue weighted by Crippen LogP contribution is -2.32. The zero-order chi connectivity index (χ0) is 15.7. The summed E-state index contributed by atoms with van der Waals surface area (Å²) in [4.78, 5) is 18.9. The van der Waals surface area contributed by atoms with Crippen molar-refractivity contribution >= 4 is 16.8 Å². The van der Waals surface area contributed by atoms with Crippen LogP contribution >= 0.6 is 0 Å². The van der Waals surface area contributed by atoms with Crippen LogP contribution in [0, 0.1) is 6.92 Å². The maximum Gasteiger partial charge on any atom is 0.274 e. The molecule has 1 atom stereocenters. The fraction of sp³-hybridized carbons (Fsp3) is 0.312. The van der Waals surface area contributed by atoms with Gasteiger partial charge in [-0.15, -0.1) is 0 Å². The molecule has 2 N–H and O–H groups in total. The summed E-state index contributed by atoms with van der Waals surface area (Å²) in [5.41, 5.74) is 2.90. The Bertz CT molecular complexity index is 819. The molecule has 0 spiro atoms. The smallest absolute Gasteiger partial charge is 0.274 e. The SMILES string of the molecule is CC(=O)NC(C)Cc1c(-c2nc(C)no2)[nH]c2ccccc12. The lowest BCUT2D eigenvalue weighted by atomic mass is 10.0. The van der Waals surface area contributed by atoms with Crippen molar-refractivity contribution in [1.29, 1.82) is 0 Å². The van der Waals surface area contributed by atoms with Gasteiger partial charge in [-0.25, -0.2) is 0 Å². The molecule has 6 heteroatoms. The number of hydrogen-bond acceptors (Lipinski definition) is 4. The lowest BCUT2D eigenvalue weighted by molar-refractivity contribution is -0.119. The average Bonchev–Trinajstić information content (AvgIpc) is 3.02. The van der Waals surface area contributed by atoms with Gasteiger partial charge in [-0.3, -0.25) is 4.79 Å². The minimum Gasteiger partial charge on any atom is -0.354 e. The summed E-state index contributed by atoms with van der Waals surface area (Å²) in [6.45, 7) is 5.29. The molecule has 0 bridgehead atoms. The van der Waals surface area contributed by atoms with Crippen LogP contribution in [0.5, 0.6) is 0 Å². The number of hydrogen-bond donors (Lipinski definition) is 2. The molecule has 114 valence electrons. The summed E-state index contributed by atoms with van der Waals surface area (Å²) in [6.07, 6.45) is 0.681. The number of amides is 1. The number of rotatable bonds is 4. The molecule has 1 amide bonds. The largest absolute Gasteiger partial charge is 0.354 e. The number of carbonyl (C=O) groups excluding carboxylic acids is 1. The highest BCUT2D eigenvalue weighted by Gasteiger charge is 2.19. The van der Waals surface area contributed by atoms with E-state index in [0.717, 1.165) is 22.2 Å². The molecular formula is C16H18N4O2. The minimum absolute atomic E-state index is 0.0134. The van der Waals surface area contributed by atoms with E-state index in [4.69, 9.17) is 4.52 Å². The first-order valence-corrected chi connectivity index (χ1v) is 7.22. The summed E-state index contributed by atoms with van der Waals surface area (Å²) in [6, 6.07) is 8.04. The first kappa shape index (κ1) is 14.3. The molecule has 0 saturated carbocycles. The van der Waals surface area contributed by atoms with Crippen LogP contribution in [-0.2, 0) is 11.2 Å². The molecule has 0 aliphatic heterocycles. The van der Waals surface area contributed by atoms with Crippen LogP contribution in [0.25, 0.3) is 22.5 Å². The number of H-pyrrole nitrogens is 1. The van der Waals surface area contributed by atoms with E-state index in [1.54, 1.807) is 6.92 Å². The normalized spacial score (nSPS) is 12.5. The first-order valence-electron chi connectivity index (χ1n) is 7.22. The van der Waals surface area contributed by atoms with Crippen LogP contribution in [0.2, 0.25) is 0 Å². The number of fused-ring (bicyclic) bond motifs is 1. The van der Waals surface area contributed by atoms with Crippen LogP contribution in [-0.4, -0.2) is 27.1 Å². The highest BCUT2D eigenvalue weighted by molar-refractivity contribution is 5.89. The molecule has 0 aliphatic carbocycles. The fourth-order valence-corrected chi connectivity index (χ4v) is 2.70. The van der Waals surface area contributed by atoms with Crippen LogP contribution in [0.1, 0.15) is 25.2 Å². The Balaban J connectivity index is 2.07. The molecule has 0 fully saturated rings. The van der Waals surface area contributed by atoms with Crippen molar-refractivity contribution < 1.29 is 9.32 Å². The van der Waals surface area contributed by atoms with E-state index in [-0.39, 0.29) is 11.9 Å². The fourth-order valence-electron chi connectivity index (χ4n) is 2.70. The minimum atomic E-state index is -0.0393. The Morgan fingerprint density at radius 1 is 1.41 bits per heavy atom. The molecule has 3 rings (SSSR count). The molecule has 1 aromatic carbocycles. The molecular weight excluding hydrogens is 280 g/mol. The standard InChI is InChI=1S/C16H18N4O2/c1-9(17-11(3)21)8-13-12-6-4-5-7-14(12)19-15(13)16-18-10(2)20-22-16/h4-7,9,19H,8H2,1-3H3,(H,17,21). The van der Waals surface area contributed by atoms with Gasteiger partial charge in [-0.05, 0) is 31.9 Å². The number of nitrogens with zero attached hydrogens (tertiary/aromatic N) is 2. The van der Waals surface area contributed by atoms with Crippen molar-refractivity contribution in [2.45, 2.75) is 33.2 Å². The number of benzene rings is 1. The van der Waals surface area contributed by atoms with E-state index in [2.05, 4.69) is 20.4 Å². The second kappa shape index (κ2) is 5.63. The molecule has 2 heterocycles. The topological polar surface area (TPSA) is 83.8 Å². The zero-order valence-electron chi connectivity index (χ0n) is 12.8. The van der Waals surface area contributed by atoms with Crippen LogP contribution < -0.4 is 5.32 Å². The summed E-state index contributed by atoms with van der Waals surface area (Å²) in [7, 11) is 0. The van der Waals surface area contributed by atoms with E-state index in [0.29, 0.717) is 18.1 Å². The van der Waals surface area contributed by atoms with Crippen LogP contribution in [0.3, 0.4) is 0 Å². The molecule has 6 nitrogen and oxygen atoms in total. The molecule has 1 unspecified atom stereocenters. The molecule has 0 saturated heterocycles. The highest BCUT2D eigenvalue weighted by Crippen LogP contribution is 2.30. The van der Waals surface area contributed by atoms with Crippen molar-refractivity contribution in [3.63, 3.8) is 0 Å². The second-order valence-electron chi connectivity index (χ2n) is 5.48. The zero-order valence-corrected chi connectivity index (χ0v) is 12.8. The van der Waals surface area contributed by atoms with Crippen molar-refractivity contribution in [2.75, 3.05) is 0 Å². The third-order valence-corrected chi connectivity index (χ3v) is 3.52. The van der Waals surface area contributed by atoms with E-state index in [1.807, 2.05) is 31.2 Å². The number of para-hydroxylation sites is 1. The third kappa shape index (κ3) is 2.72. The van der Waals surface area contributed by atoms with Crippen LogP contribution in [0.15, 0.2) is 28.8 Å². The van der Waals surface area contributed by atoms with E-state index < -0.39 is 0 Å². The number of nitrogens with one attached hydrogen (secondary N) is 2. The van der Waals surface area contributed by atoms with Gasteiger partial charge in [-0.2, -0.15) is 4.98 Å². The van der Waals surface area contributed by atoms with Crippen molar-refractivity contribution in [3.05, 3.63) is 35.7 Å².